The first-order valence-corrected chi connectivity index (χ1v) is 12.4. The third-order valence-electron chi connectivity index (χ3n) is 7.15. The van der Waals surface area contributed by atoms with Crippen LogP contribution in [-0.4, -0.2) is 81.0 Å². The van der Waals surface area contributed by atoms with E-state index in [1.165, 1.54) is 11.0 Å². The van der Waals surface area contributed by atoms with Gasteiger partial charge in [-0.25, -0.2) is 4.79 Å². The lowest BCUT2D eigenvalue weighted by atomic mass is 9.96. The van der Waals surface area contributed by atoms with Gasteiger partial charge in [0, 0.05) is 49.9 Å². The summed E-state index contributed by atoms with van der Waals surface area (Å²) in [5, 5.41) is 9.98. The lowest BCUT2D eigenvalue weighted by molar-refractivity contribution is 0.0616. The Morgan fingerprint density at radius 1 is 1.16 bits per heavy atom. The lowest BCUT2D eigenvalue weighted by Gasteiger charge is -2.41. The molecular weight excluding hydrogens is 478 g/mol. The fraction of sp³-hybridized carbons (Fsp3) is 0.462. The molecule has 37 heavy (non-hydrogen) atoms. The number of amides is 1. The van der Waals surface area contributed by atoms with Gasteiger partial charge in [0.2, 0.25) is 0 Å². The number of carboxylic acid groups (broad SMARTS) is 1. The molecule has 3 aromatic heterocycles. The molecule has 3 aromatic rings. The van der Waals surface area contributed by atoms with E-state index in [0.29, 0.717) is 62.1 Å². The Labute approximate surface area is 214 Å². The van der Waals surface area contributed by atoms with E-state index in [1.54, 1.807) is 36.2 Å². The van der Waals surface area contributed by atoms with Gasteiger partial charge in [-0.1, -0.05) is 0 Å². The summed E-state index contributed by atoms with van der Waals surface area (Å²) >= 11 is 0. The second-order valence-corrected chi connectivity index (χ2v) is 9.40. The average molecular weight is 510 g/mol. The summed E-state index contributed by atoms with van der Waals surface area (Å²) in [6.45, 7) is 5.13. The zero-order chi connectivity index (χ0) is 25.9. The molecule has 2 aliphatic rings. The van der Waals surface area contributed by atoms with E-state index in [9.17, 15) is 14.7 Å². The summed E-state index contributed by atoms with van der Waals surface area (Å²) in [5.41, 5.74) is 2.01. The Bertz CT molecular complexity index is 1340. The maximum Gasteiger partial charge on any atom is 0.407 e. The second kappa shape index (κ2) is 10.6. The third kappa shape index (κ3) is 5.31. The summed E-state index contributed by atoms with van der Waals surface area (Å²) in [5.74, 6) is 1.78. The standard InChI is InChI=1S/C26H31N5O6/c1-17-11-19(31(26(33)34)16-18-12-23-24(15-27-18)37-10-9-36-23)5-6-29(17)7-8-30-22-13-20(35-2)14-28-21(22)3-4-25(30)32/h3-4,12-15,17,19H,5-11,16H2,1-2H3,(H,33,34). The topological polar surface area (TPSA) is 119 Å². The van der Waals surface area contributed by atoms with Crippen LogP contribution in [0.1, 0.15) is 25.5 Å². The van der Waals surface area contributed by atoms with Crippen LogP contribution >= 0.6 is 0 Å². The Hall–Kier alpha value is -3.86. The number of aromatic nitrogens is 3. The first-order chi connectivity index (χ1) is 17.9. The number of likely N-dealkylation sites (tertiary alicyclic amines) is 1. The van der Waals surface area contributed by atoms with Gasteiger partial charge in [-0.05, 0) is 25.8 Å². The van der Waals surface area contributed by atoms with Crippen LogP contribution in [0, 0.1) is 0 Å². The van der Waals surface area contributed by atoms with E-state index in [-0.39, 0.29) is 24.2 Å². The number of methoxy groups -OCH3 is 1. The Morgan fingerprint density at radius 3 is 2.73 bits per heavy atom. The van der Waals surface area contributed by atoms with Crippen molar-refractivity contribution in [1.29, 1.82) is 0 Å². The van der Waals surface area contributed by atoms with Crippen LogP contribution in [0.15, 0.2) is 41.5 Å². The molecular formula is C26H31N5O6. The van der Waals surface area contributed by atoms with Crippen LogP contribution in [0.2, 0.25) is 0 Å². The van der Waals surface area contributed by atoms with E-state index >= 15 is 0 Å². The maximum atomic E-state index is 12.6. The number of rotatable bonds is 7. The number of ether oxygens (including phenoxy) is 3. The van der Waals surface area contributed by atoms with Crippen molar-refractivity contribution >= 4 is 17.1 Å². The molecule has 0 aliphatic carbocycles. The molecule has 1 saturated heterocycles. The molecule has 0 saturated carbocycles. The van der Waals surface area contributed by atoms with Gasteiger partial charge < -0.3 is 23.9 Å². The molecule has 2 unspecified atom stereocenters. The molecule has 196 valence electrons. The highest BCUT2D eigenvalue weighted by molar-refractivity contribution is 5.75. The van der Waals surface area contributed by atoms with Crippen molar-refractivity contribution in [2.75, 3.05) is 33.4 Å². The van der Waals surface area contributed by atoms with Crippen LogP contribution in [0.3, 0.4) is 0 Å². The van der Waals surface area contributed by atoms with Crippen LogP contribution in [-0.2, 0) is 13.1 Å². The van der Waals surface area contributed by atoms with Crippen molar-refractivity contribution in [3.63, 3.8) is 0 Å². The molecule has 11 heteroatoms. The first-order valence-electron chi connectivity index (χ1n) is 12.4. The highest BCUT2D eigenvalue weighted by Gasteiger charge is 2.32. The molecule has 0 bridgehead atoms. The van der Waals surface area contributed by atoms with E-state index in [4.69, 9.17) is 14.2 Å². The molecule has 0 aromatic carbocycles. The van der Waals surface area contributed by atoms with Crippen LogP contribution in [0.5, 0.6) is 17.2 Å². The fourth-order valence-corrected chi connectivity index (χ4v) is 5.13. The molecule has 2 atom stereocenters. The minimum atomic E-state index is -0.967. The zero-order valence-electron chi connectivity index (χ0n) is 21.0. The van der Waals surface area contributed by atoms with Gasteiger partial charge in [-0.3, -0.25) is 24.6 Å². The predicted octanol–water partition coefficient (Wildman–Crippen LogP) is 2.60. The SMILES string of the molecule is COc1cnc2ccc(=O)n(CCN3CCC(N(Cc4cc5c(cn4)OCCO5)C(=O)O)CC3C)c2c1. The highest BCUT2D eigenvalue weighted by Crippen LogP contribution is 2.30. The smallest absolute Gasteiger partial charge is 0.407 e. The fourth-order valence-electron chi connectivity index (χ4n) is 5.13. The van der Waals surface area contributed by atoms with E-state index in [0.717, 1.165) is 17.6 Å². The monoisotopic (exact) mass is 509 g/mol. The molecule has 5 rings (SSSR count). The number of carbonyl (C=O) groups is 1. The van der Waals surface area contributed by atoms with Gasteiger partial charge in [-0.15, -0.1) is 0 Å². The highest BCUT2D eigenvalue weighted by atomic mass is 16.6. The molecule has 1 fully saturated rings. The van der Waals surface area contributed by atoms with Crippen molar-refractivity contribution in [2.24, 2.45) is 0 Å². The van der Waals surface area contributed by atoms with E-state index < -0.39 is 6.09 Å². The number of hydrogen-bond acceptors (Lipinski definition) is 8. The summed E-state index contributed by atoms with van der Waals surface area (Å²) in [7, 11) is 1.57. The van der Waals surface area contributed by atoms with Crippen molar-refractivity contribution in [2.45, 2.75) is 44.9 Å². The minimum Gasteiger partial charge on any atom is -0.495 e. The summed E-state index contributed by atoms with van der Waals surface area (Å²) in [6.07, 6.45) is 3.65. The van der Waals surface area contributed by atoms with E-state index in [2.05, 4.69) is 21.8 Å². The van der Waals surface area contributed by atoms with Crippen molar-refractivity contribution in [3.05, 3.63) is 52.7 Å². The molecule has 2 aliphatic heterocycles. The van der Waals surface area contributed by atoms with Gasteiger partial charge in [0.05, 0.1) is 42.8 Å². The number of pyridine rings is 3. The average Bonchev–Trinajstić information content (AvgIpc) is 2.91. The minimum absolute atomic E-state index is 0.0888. The van der Waals surface area contributed by atoms with E-state index in [1.807, 2.05) is 6.07 Å². The zero-order valence-corrected chi connectivity index (χ0v) is 21.0. The molecule has 1 N–H and O–H groups in total. The van der Waals surface area contributed by atoms with Gasteiger partial charge in [-0.2, -0.15) is 0 Å². The summed E-state index contributed by atoms with van der Waals surface area (Å²) in [6, 6.07) is 6.86. The molecule has 11 nitrogen and oxygen atoms in total. The second-order valence-electron chi connectivity index (χ2n) is 9.40. The molecule has 0 radical (unpaired) electrons. The number of piperidine rings is 1. The Kier molecular flexibility index (Phi) is 7.13. The number of hydrogen-bond donors (Lipinski definition) is 1. The molecule has 0 spiro atoms. The normalized spacial score (nSPS) is 19.5. The van der Waals surface area contributed by atoms with Gasteiger partial charge in [0.1, 0.15) is 19.0 Å². The quantitative estimate of drug-likeness (QED) is 0.512. The van der Waals surface area contributed by atoms with Crippen molar-refractivity contribution in [3.8, 4) is 17.2 Å². The van der Waals surface area contributed by atoms with Crippen LogP contribution < -0.4 is 19.8 Å². The predicted molar refractivity (Wildman–Crippen MR) is 135 cm³/mol. The Morgan fingerprint density at radius 2 is 1.97 bits per heavy atom. The van der Waals surface area contributed by atoms with Gasteiger partial charge in [0.15, 0.2) is 11.5 Å². The summed E-state index contributed by atoms with van der Waals surface area (Å²) < 4.78 is 18.2. The Balaban J connectivity index is 1.24. The van der Waals surface area contributed by atoms with Crippen LogP contribution in [0.25, 0.3) is 11.0 Å². The molecule has 5 heterocycles. The lowest BCUT2D eigenvalue weighted by Crippen LogP contribution is -2.51. The number of fused-ring (bicyclic) bond motifs is 2. The van der Waals surface area contributed by atoms with Crippen LogP contribution in [0.4, 0.5) is 4.79 Å². The third-order valence-corrected chi connectivity index (χ3v) is 7.15. The van der Waals surface area contributed by atoms with Crippen molar-refractivity contribution < 1.29 is 24.1 Å². The first kappa shape index (κ1) is 24.8. The number of nitrogens with zero attached hydrogens (tertiary/aromatic N) is 5. The van der Waals surface area contributed by atoms with Crippen molar-refractivity contribution in [1.82, 2.24) is 24.3 Å². The summed E-state index contributed by atoms with van der Waals surface area (Å²) in [4.78, 5) is 37.4. The maximum absolute atomic E-state index is 12.6. The molecule has 1 amide bonds. The largest absolute Gasteiger partial charge is 0.495 e. The van der Waals surface area contributed by atoms with Gasteiger partial charge in [0.25, 0.3) is 5.56 Å². The van der Waals surface area contributed by atoms with Gasteiger partial charge >= 0.3 is 6.09 Å².